The molecule has 1 heterocycles. The highest BCUT2D eigenvalue weighted by molar-refractivity contribution is 6.30. The van der Waals surface area contributed by atoms with Crippen LogP contribution in [-0.2, 0) is 6.61 Å². The van der Waals surface area contributed by atoms with Crippen molar-refractivity contribution in [1.29, 1.82) is 0 Å². The first-order chi connectivity index (χ1) is 8.16. The monoisotopic (exact) mass is 252 g/mol. The minimum Gasteiger partial charge on any atom is -0.485 e. The standard InChI is InChI=1S/C12H13ClN2O2/c1-8(14)11-6-9(13)2-3-12(11)16-7-10-4-5-15-17-10/h2-6,8H,7,14H2,1H3/t8-/m0/s1. The van der Waals surface area contributed by atoms with Crippen molar-refractivity contribution in [1.82, 2.24) is 5.16 Å². The smallest absolute Gasteiger partial charge is 0.174 e. The van der Waals surface area contributed by atoms with Gasteiger partial charge in [-0.15, -0.1) is 0 Å². The van der Waals surface area contributed by atoms with Gasteiger partial charge in [-0.3, -0.25) is 0 Å². The Balaban J connectivity index is 2.14. The lowest BCUT2D eigenvalue weighted by Gasteiger charge is -2.13. The van der Waals surface area contributed by atoms with Crippen molar-refractivity contribution in [2.75, 3.05) is 0 Å². The van der Waals surface area contributed by atoms with Gasteiger partial charge in [-0.25, -0.2) is 0 Å². The van der Waals surface area contributed by atoms with Crippen LogP contribution >= 0.6 is 11.6 Å². The Labute approximate surface area is 104 Å². The zero-order valence-corrected chi connectivity index (χ0v) is 10.1. The van der Waals surface area contributed by atoms with Crippen molar-refractivity contribution in [3.63, 3.8) is 0 Å². The molecular weight excluding hydrogens is 240 g/mol. The fourth-order valence-corrected chi connectivity index (χ4v) is 1.65. The van der Waals surface area contributed by atoms with Gasteiger partial charge in [-0.2, -0.15) is 0 Å². The summed E-state index contributed by atoms with van der Waals surface area (Å²) < 4.78 is 10.6. The molecule has 0 fully saturated rings. The molecular formula is C12H13ClN2O2. The van der Waals surface area contributed by atoms with E-state index in [-0.39, 0.29) is 6.04 Å². The topological polar surface area (TPSA) is 61.3 Å². The van der Waals surface area contributed by atoms with E-state index in [4.69, 9.17) is 26.6 Å². The van der Waals surface area contributed by atoms with Crippen molar-refractivity contribution in [3.05, 3.63) is 46.8 Å². The van der Waals surface area contributed by atoms with Crippen molar-refractivity contribution >= 4 is 11.6 Å². The summed E-state index contributed by atoms with van der Waals surface area (Å²) >= 11 is 5.92. The molecule has 4 nitrogen and oxygen atoms in total. The summed E-state index contributed by atoms with van der Waals surface area (Å²) in [5, 5.41) is 4.25. The molecule has 2 rings (SSSR count). The molecule has 0 spiro atoms. The van der Waals surface area contributed by atoms with E-state index < -0.39 is 0 Å². The molecule has 0 saturated heterocycles. The zero-order valence-electron chi connectivity index (χ0n) is 9.39. The van der Waals surface area contributed by atoms with Crippen molar-refractivity contribution in [3.8, 4) is 5.75 Å². The Morgan fingerprint density at radius 1 is 1.47 bits per heavy atom. The molecule has 0 saturated carbocycles. The summed E-state index contributed by atoms with van der Waals surface area (Å²) in [7, 11) is 0. The molecule has 17 heavy (non-hydrogen) atoms. The number of nitrogens with zero attached hydrogens (tertiary/aromatic N) is 1. The molecule has 1 aromatic carbocycles. The van der Waals surface area contributed by atoms with E-state index in [1.54, 1.807) is 24.4 Å². The molecule has 0 aliphatic carbocycles. The lowest BCUT2D eigenvalue weighted by molar-refractivity contribution is 0.246. The molecule has 1 atom stereocenters. The molecule has 0 radical (unpaired) electrons. The molecule has 2 aromatic rings. The average Bonchev–Trinajstić information content (AvgIpc) is 2.80. The van der Waals surface area contributed by atoms with Gasteiger partial charge in [-0.1, -0.05) is 16.8 Å². The summed E-state index contributed by atoms with van der Waals surface area (Å²) in [6.07, 6.45) is 1.58. The molecule has 5 heteroatoms. The van der Waals surface area contributed by atoms with Crippen LogP contribution in [0.15, 0.2) is 35.0 Å². The molecule has 0 aliphatic rings. The maximum atomic E-state index is 5.92. The zero-order chi connectivity index (χ0) is 12.3. The van der Waals surface area contributed by atoms with Gasteiger partial charge in [-0.05, 0) is 25.1 Å². The second-order valence-corrected chi connectivity index (χ2v) is 4.17. The molecule has 0 unspecified atom stereocenters. The van der Waals surface area contributed by atoms with Gasteiger partial charge < -0.3 is 15.0 Å². The van der Waals surface area contributed by atoms with E-state index in [0.29, 0.717) is 23.1 Å². The number of ether oxygens (including phenoxy) is 1. The van der Waals surface area contributed by atoms with Gasteiger partial charge in [0.2, 0.25) is 0 Å². The quantitative estimate of drug-likeness (QED) is 0.909. The van der Waals surface area contributed by atoms with E-state index in [1.165, 1.54) is 0 Å². The number of hydrogen-bond acceptors (Lipinski definition) is 4. The van der Waals surface area contributed by atoms with Gasteiger partial charge >= 0.3 is 0 Å². The van der Waals surface area contributed by atoms with Crippen LogP contribution in [0.4, 0.5) is 0 Å². The fourth-order valence-electron chi connectivity index (χ4n) is 1.47. The summed E-state index contributed by atoms with van der Waals surface area (Å²) in [6.45, 7) is 2.20. The normalized spacial score (nSPS) is 12.4. The molecule has 0 amide bonds. The average molecular weight is 253 g/mol. The first kappa shape index (κ1) is 12.0. The van der Waals surface area contributed by atoms with E-state index in [9.17, 15) is 0 Å². The largest absolute Gasteiger partial charge is 0.485 e. The number of rotatable bonds is 4. The number of hydrogen-bond donors (Lipinski definition) is 1. The number of benzene rings is 1. The Morgan fingerprint density at radius 3 is 2.94 bits per heavy atom. The predicted octanol–water partition coefficient (Wildman–Crippen LogP) is 2.93. The van der Waals surface area contributed by atoms with Crippen molar-refractivity contribution < 1.29 is 9.26 Å². The molecule has 0 bridgehead atoms. The fraction of sp³-hybridized carbons (Fsp3) is 0.250. The van der Waals surface area contributed by atoms with Gasteiger partial charge in [0.25, 0.3) is 0 Å². The van der Waals surface area contributed by atoms with Crippen LogP contribution in [0.5, 0.6) is 5.75 Å². The van der Waals surface area contributed by atoms with Crippen LogP contribution in [0.1, 0.15) is 24.3 Å². The van der Waals surface area contributed by atoms with Crippen LogP contribution < -0.4 is 10.5 Å². The Kier molecular flexibility index (Phi) is 3.66. The van der Waals surface area contributed by atoms with E-state index >= 15 is 0 Å². The maximum absolute atomic E-state index is 5.92. The van der Waals surface area contributed by atoms with Gasteiger partial charge in [0.15, 0.2) is 5.76 Å². The first-order valence-corrected chi connectivity index (χ1v) is 5.62. The van der Waals surface area contributed by atoms with Crippen LogP contribution in [0.25, 0.3) is 0 Å². The number of aromatic nitrogens is 1. The highest BCUT2D eigenvalue weighted by Gasteiger charge is 2.09. The Morgan fingerprint density at radius 2 is 2.29 bits per heavy atom. The molecule has 2 N–H and O–H groups in total. The molecule has 90 valence electrons. The first-order valence-electron chi connectivity index (χ1n) is 5.24. The lowest BCUT2D eigenvalue weighted by atomic mass is 10.1. The van der Waals surface area contributed by atoms with Crippen molar-refractivity contribution in [2.45, 2.75) is 19.6 Å². The van der Waals surface area contributed by atoms with E-state index in [1.807, 2.05) is 13.0 Å². The third-order valence-corrected chi connectivity index (χ3v) is 2.56. The second kappa shape index (κ2) is 5.21. The summed E-state index contributed by atoms with van der Waals surface area (Å²) in [5.41, 5.74) is 6.73. The Hall–Kier alpha value is -1.52. The summed E-state index contributed by atoms with van der Waals surface area (Å²) in [5.74, 6) is 1.37. The van der Waals surface area contributed by atoms with Crippen LogP contribution in [0.2, 0.25) is 5.02 Å². The molecule has 0 aliphatic heterocycles. The van der Waals surface area contributed by atoms with E-state index in [2.05, 4.69) is 5.16 Å². The van der Waals surface area contributed by atoms with Gasteiger partial charge in [0.1, 0.15) is 12.4 Å². The van der Waals surface area contributed by atoms with E-state index in [0.717, 1.165) is 5.56 Å². The number of halogens is 1. The van der Waals surface area contributed by atoms with Crippen molar-refractivity contribution in [2.24, 2.45) is 5.73 Å². The van der Waals surface area contributed by atoms with Crippen LogP contribution in [0.3, 0.4) is 0 Å². The lowest BCUT2D eigenvalue weighted by Crippen LogP contribution is -2.08. The van der Waals surface area contributed by atoms with Crippen LogP contribution in [0, 0.1) is 0 Å². The summed E-state index contributed by atoms with van der Waals surface area (Å²) in [6, 6.07) is 6.99. The molecule has 1 aromatic heterocycles. The summed E-state index contributed by atoms with van der Waals surface area (Å²) in [4.78, 5) is 0. The SMILES string of the molecule is C[C@H](N)c1cc(Cl)ccc1OCc1ccno1. The third-order valence-electron chi connectivity index (χ3n) is 2.32. The maximum Gasteiger partial charge on any atom is 0.174 e. The second-order valence-electron chi connectivity index (χ2n) is 3.74. The minimum absolute atomic E-state index is 0.140. The minimum atomic E-state index is -0.140. The third kappa shape index (κ3) is 2.99. The number of nitrogens with two attached hydrogens (primary N) is 1. The predicted molar refractivity (Wildman–Crippen MR) is 64.9 cm³/mol. The van der Waals surface area contributed by atoms with Gasteiger partial charge in [0.05, 0.1) is 6.20 Å². The Bertz CT molecular complexity index is 483. The highest BCUT2D eigenvalue weighted by Crippen LogP contribution is 2.27. The highest BCUT2D eigenvalue weighted by atomic mass is 35.5. The van der Waals surface area contributed by atoms with Gasteiger partial charge in [0, 0.05) is 22.7 Å². The van der Waals surface area contributed by atoms with Crippen LogP contribution in [-0.4, -0.2) is 5.16 Å².